The van der Waals surface area contributed by atoms with Gasteiger partial charge < -0.3 is 5.32 Å². The Morgan fingerprint density at radius 2 is 2.20 bits per heavy atom. The predicted molar refractivity (Wildman–Crippen MR) is 69.8 cm³/mol. The molecule has 1 heterocycles. The highest BCUT2D eigenvalue weighted by molar-refractivity contribution is 8.00. The third kappa shape index (κ3) is 2.49. The number of para-hydroxylation sites is 1. The molecule has 0 aromatic heterocycles. The molecule has 1 saturated heterocycles. The summed E-state index contributed by atoms with van der Waals surface area (Å²) in [5.74, 6) is 1.30. The maximum absolute atomic E-state index is 3.69. The molecule has 82 valence electrons. The third-order valence-electron chi connectivity index (χ3n) is 3.12. The molecule has 0 bridgehead atoms. The zero-order valence-electron chi connectivity index (χ0n) is 9.49. The molecule has 2 atom stereocenters. The maximum Gasteiger partial charge on any atom is 0.0385 e. The Kier molecular flexibility index (Phi) is 3.57. The van der Waals surface area contributed by atoms with E-state index in [2.05, 4.69) is 55.2 Å². The lowest BCUT2D eigenvalue weighted by molar-refractivity contribution is 0.723. The molecule has 1 N–H and O–H groups in total. The topological polar surface area (TPSA) is 12.0 Å². The monoisotopic (exact) mass is 221 g/mol. The van der Waals surface area contributed by atoms with Crippen LogP contribution in [0.5, 0.6) is 0 Å². The summed E-state index contributed by atoms with van der Waals surface area (Å²) in [5.41, 5.74) is 2.76. The highest BCUT2D eigenvalue weighted by atomic mass is 32.2. The van der Waals surface area contributed by atoms with Gasteiger partial charge in [0.1, 0.15) is 0 Å². The summed E-state index contributed by atoms with van der Waals surface area (Å²) in [6.45, 7) is 4.54. The van der Waals surface area contributed by atoms with E-state index >= 15 is 0 Å². The van der Waals surface area contributed by atoms with Crippen LogP contribution in [0.15, 0.2) is 24.3 Å². The van der Waals surface area contributed by atoms with Crippen LogP contribution in [0.3, 0.4) is 0 Å². The molecular formula is C13H19NS. The molecule has 0 radical (unpaired) electrons. The Balaban J connectivity index is 2.09. The van der Waals surface area contributed by atoms with Crippen LogP contribution >= 0.6 is 11.8 Å². The summed E-state index contributed by atoms with van der Waals surface area (Å²) in [5, 5.41) is 4.43. The van der Waals surface area contributed by atoms with Gasteiger partial charge in [-0.05, 0) is 30.2 Å². The zero-order valence-corrected chi connectivity index (χ0v) is 10.3. The van der Waals surface area contributed by atoms with Crippen molar-refractivity contribution >= 4 is 17.4 Å². The lowest BCUT2D eigenvalue weighted by atomic mass is 10.1. The van der Waals surface area contributed by atoms with Crippen molar-refractivity contribution in [3.05, 3.63) is 29.8 Å². The normalized spacial score (nSPS) is 25.5. The number of benzene rings is 1. The molecule has 1 nitrogen and oxygen atoms in total. The molecule has 0 spiro atoms. The summed E-state index contributed by atoms with van der Waals surface area (Å²) in [6, 6.07) is 9.32. The molecule has 0 amide bonds. The van der Waals surface area contributed by atoms with E-state index in [1.165, 1.54) is 23.4 Å². The van der Waals surface area contributed by atoms with E-state index in [0.717, 1.165) is 11.7 Å². The van der Waals surface area contributed by atoms with Gasteiger partial charge in [-0.2, -0.15) is 11.8 Å². The standard InChI is InChI=1S/C13H19NS/c1-3-11-6-4-5-7-13(11)14-12-8-9-15-10(12)2/h4-7,10,12,14H,3,8-9H2,1-2H3. The van der Waals surface area contributed by atoms with Crippen molar-refractivity contribution < 1.29 is 0 Å². The minimum atomic E-state index is 0.655. The van der Waals surface area contributed by atoms with Crippen LogP contribution in [-0.2, 0) is 6.42 Å². The van der Waals surface area contributed by atoms with E-state index in [0.29, 0.717) is 6.04 Å². The Bertz CT molecular complexity index is 324. The first-order valence-corrected chi connectivity index (χ1v) is 6.82. The molecule has 15 heavy (non-hydrogen) atoms. The van der Waals surface area contributed by atoms with Gasteiger partial charge in [-0.1, -0.05) is 32.0 Å². The van der Waals surface area contributed by atoms with Crippen molar-refractivity contribution in [2.45, 2.75) is 38.0 Å². The summed E-state index contributed by atoms with van der Waals surface area (Å²) < 4.78 is 0. The molecule has 0 aliphatic carbocycles. The highest BCUT2D eigenvalue weighted by Gasteiger charge is 2.23. The molecule has 2 heteroatoms. The molecule has 1 fully saturated rings. The first-order chi connectivity index (χ1) is 7.31. The summed E-state index contributed by atoms with van der Waals surface area (Å²) in [7, 11) is 0. The van der Waals surface area contributed by atoms with Crippen LogP contribution in [0, 0.1) is 0 Å². The van der Waals surface area contributed by atoms with Gasteiger partial charge in [0.2, 0.25) is 0 Å². The average molecular weight is 221 g/mol. The van der Waals surface area contributed by atoms with Crippen LogP contribution in [-0.4, -0.2) is 17.0 Å². The smallest absolute Gasteiger partial charge is 0.0385 e. The third-order valence-corrected chi connectivity index (χ3v) is 4.44. The van der Waals surface area contributed by atoms with Gasteiger partial charge in [0.05, 0.1) is 0 Å². The fourth-order valence-corrected chi connectivity index (χ4v) is 3.29. The average Bonchev–Trinajstić information content (AvgIpc) is 2.65. The maximum atomic E-state index is 3.69. The molecule has 2 unspecified atom stereocenters. The van der Waals surface area contributed by atoms with Crippen LogP contribution < -0.4 is 5.32 Å². The molecule has 1 aromatic rings. The van der Waals surface area contributed by atoms with E-state index in [9.17, 15) is 0 Å². The van der Waals surface area contributed by atoms with Crippen LogP contribution in [0.2, 0.25) is 0 Å². The fraction of sp³-hybridized carbons (Fsp3) is 0.538. The van der Waals surface area contributed by atoms with Crippen molar-refractivity contribution in [2.24, 2.45) is 0 Å². The molecule has 0 saturated carbocycles. The van der Waals surface area contributed by atoms with Crippen molar-refractivity contribution in [3.8, 4) is 0 Å². The second-order valence-corrected chi connectivity index (χ2v) is 5.61. The Hall–Kier alpha value is -0.630. The largest absolute Gasteiger partial charge is 0.381 e. The van der Waals surface area contributed by atoms with Gasteiger partial charge in [-0.15, -0.1) is 0 Å². The lowest BCUT2D eigenvalue weighted by Crippen LogP contribution is -2.25. The van der Waals surface area contributed by atoms with Crippen molar-refractivity contribution in [2.75, 3.05) is 11.1 Å². The lowest BCUT2D eigenvalue weighted by Gasteiger charge is -2.19. The minimum absolute atomic E-state index is 0.655. The van der Waals surface area contributed by atoms with Gasteiger partial charge in [0.25, 0.3) is 0 Å². The van der Waals surface area contributed by atoms with Crippen LogP contribution in [0.25, 0.3) is 0 Å². The number of nitrogens with one attached hydrogen (secondary N) is 1. The van der Waals surface area contributed by atoms with Crippen LogP contribution in [0.1, 0.15) is 25.8 Å². The summed E-state index contributed by atoms with van der Waals surface area (Å²) >= 11 is 2.08. The summed E-state index contributed by atoms with van der Waals surface area (Å²) in [4.78, 5) is 0. The van der Waals surface area contributed by atoms with E-state index in [-0.39, 0.29) is 0 Å². The fourth-order valence-electron chi connectivity index (χ4n) is 2.09. The Morgan fingerprint density at radius 1 is 1.40 bits per heavy atom. The Morgan fingerprint density at radius 3 is 2.87 bits per heavy atom. The minimum Gasteiger partial charge on any atom is -0.381 e. The second-order valence-electron chi connectivity index (χ2n) is 4.13. The SMILES string of the molecule is CCc1ccccc1NC1CCSC1C. The molecule has 1 aromatic carbocycles. The number of aryl methyl sites for hydroxylation is 1. The van der Waals surface area contributed by atoms with Crippen LogP contribution in [0.4, 0.5) is 5.69 Å². The number of rotatable bonds is 3. The van der Waals surface area contributed by atoms with Gasteiger partial charge in [-0.25, -0.2) is 0 Å². The van der Waals surface area contributed by atoms with Gasteiger partial charge in [-0.3, -0.25) is 0 Å². The van der Waals surface area contributed by atoms with Gasteiger partial charge >= 0.3 is 0 Å². The highest BCUT2D eigenvalue weighted by Crippen LogP contribution is 2.29. The number of hydrogen-bond donors (Lipinski definition) is 1. The van der Waals surface area contributed by atoms with E-state index in [4.69, 9.17) is 0 Å². The molecule has 2 rings (SSSR count). The second kappa shape index (κ2) is 4.93. The van der Waals surface area contributed by atoms with E-state index in [1.807, 2.05) is 0 Å². The Labute approximate surface area is 96.7 Å². The van der Waals surface area contributed by atoms with E-state index < -0.39 is 0 Å². The van der Waals surface area contributed by atoms with Crippen molar-refractivity contribution in [1.82, 2.24) is 0 Å². The number of thioether (sulfide) groups is 1. The van der Waals surface area contributed by atoms with E-state index in [1.54, 1.807) is 0 Å². The molecule has 1 aliphatic rings. The van der Waals surface area contributed by atoms with Crippen molar-refractivity contribution in [3.63, 3.8) is 0 Å². The molecular weight excluding hydrogens is 202 g/mol. The first kappa shape index (κ1) is 10.9. The van der Waals surface area contributed by atoms with Gasteiger partial charge in [0.15, 0.2) is 0 Å². The number of hydrogen-bond acceptors (Lipinski definition) is 2. The summed E-state index contributed by atoms with van der Waals surface area (Å²) in [6.07, 6.45) is 2.40. The quantitative estimate of drug-likeness (QED) is 0.837. The number of anilines is 1. The molecule has 1 aliphatic heterocycles. The predicted octanol–water partition coefficient (Wildman–Crippen LogP) is 3.55. The van der Waals surface area contributed by atoms with Crippen molar-refractivity contribution in [1.29, 1.82) is 0 Å². The zero-order chi connectivity index (χ0) is 10.7. The van der Waals surface area contributed by atoms with Gasteiger partial charge in [0, 0.05) is 17.0 Å². The first-order valence-electron chi connectivity index (χ1n) is 5.77.